The number of hydrogen-bond donors (Lipinski definition) is 0. The van der Waals surface area contributed by atoms with E-state index in [0.717, 1.165) is 11.3 Å². The molecule has 0 aromatic carbocycles. The van der Waals surface area contributed by atoms with Crippen molar-refractivity contribution in [2.45, 2.75) is 77.8 Å². The Morgan fingerprint density at radius 3 is 2.15 bits per heavy atom. The first-order valence-electron chi connectivity index (χ1n) is 8.70. The molecule has 1 spiro atoms. The molecule has 116 valence electrons. The zero-order valence-corrected chi connectivity index (χ0v) is 14.3. The molecular weight excluding hydrogens is 244 g/mol. The summed E-state index contributed by atoms with van der Waals surface area (Å²) in [5.41, 5.74) is 1.53. The third kappa shape index (κ3) is 2.92. The zero-order valence-electron chi connectivity index (χ0n) is 14.3. The number of nitrogens with zero attached hydrogens (tertiary/aromatic N) is 2. The summed E-state index contributed by atoms with van der Waals surface area (Å²) in [5, 5.41) is 0. The lowest BCUT2D eigenvalue weighted by atomic mass is 9.88. The summed E-state index contributed by atoms with van der Waals surface area (Å²) in [6, 6.07) is 0. The molecule has 20 heavy (non-hydrogen) atoms. The van der Waals surface area contributed by atoms with Crippen LogP contribution in [0.4, 0.5) is 0 Å². The standard InChI is InChI=1S/C18H34N2/c1-16(2,3)19-10-6-15(13-19)12-17(4,5)20-11-9-18(14-20)7-8-18/h15H,6-14H2,1-5H3. The smallest absolute Gasteiger partial charge is 0.0156 e. The van der Waals surface area contributed by atoms with Gasteiger partial charge in [0.1, 0.15) is 0 Å². The molecule has 2 heteroatoms. The molecule has 2 saturated heterocycles. The van der Waals surface area contributed by atoms with Crippen molar-refractivity contribution >= 4 is 0 Å². The maximum Gasteiger partial charge on any atom is 0.0156 e. The predicted octanol–water partition coefficient (Wildman–Crippen LogP) is 3.76. The molecule has 0 aromatic rings. The normalized spacial score (nSPS) is 31.4. The highest BCUT2D eigenvalue weighted by atomic mass is 15.2. The Kier molecular flexibility index (Phi) is 3.49. The van der Waals surface area contributed by atoms with Crippen LogP contribution in [0.2, 0.25) is 0 Å². The lowest BCUT2D eigenvalue weighted by Gasteiger charge is -2.38. The third-order valence-electron chi connectivity index (χ3n) is 6.27. The highest BCUT2D eigenvalue weighted by molar-refractivity contribution is 5.04. The Morgan fingerprint density at radius 1 is 0.950 bits per heavy atom. The predicted molar refractivity (Wildman–Crippen MR) is 86.0 cm³/mol. The van der Waals surface area contributed by atoms with Gasteiger partial charge in [-0.2, -0.15) is 0 Å². The molecule has 1 saturated carbocycles. The molecule has 3 fully saturated rings. The molecule has 1 atom stereocenters. The first-order valence-corrected chi connectivity index (χ1v) is 8.70. The van der Waals surface area contributed by atoms with Crippen molar-refractivity contribution in [3.63, 3.8) is 0 Å². The van der Waals surface area contributed by atoms with Gasteiger partial charge in [-0.05, 0) is 91.1 Å². The van der Waals surface area contributed by atoms with E-state index in [1.807, 2.05) is 0 Å². The second kappa shape index (κ2) is 4.71. The van der Waals surface area contributed by atoms with Gasteiger partial charge in [0.2, 0.25) is 0 Å². The monoisotopic (exact) mass is 278 g/mol. The summed E-state index contributed by atoms with van der Waals surface area (Å²) in [5.74, 6) is 0.903. The van der Waals surface area contributed by atoms with Gasteiger partial charge >= 0.3 is 0 Å². The molecule has 2 heterocycles. The Morgan fingerprint density at radius 2 is 1.65 bits per heavy atom. The van der Waals surface area contributed by atoms with Crippen LogP contribution in [-0.4, -0.2) is 47.1 Å². The Hall–Kier alpha value is -0.0800. The molecule has 0 radical (unpaired) electrons. The van der Waals surface area contributed by atoms with E-state index < -0.39 is 0 Å². The lowest BCUT2D eigenvalue weighted by molar-refractivity contribution is 0.109. The van der Waals surface area contributed by atoms with Gasteiger partial charge in [0.25, 0.3) is 0 Å². The molecule has 2 nitrogen and oxygen atoms in total. The van der Waals surface area contributed by atoms with Crippen LogP contribution in [0.5, 0.6) is 0 Å². The van der Waals surface area contributed by atoms with Gasteiger partial charge < -0.3 is 0 Å². The minimum Gasteiger partial charge on any atom is -0.298 e. The largest absolute Gasteiger partial charge is 0.298 e. The SMILES string of the molecule is CC(C)(C)N1CCC(CC(C)(C)N2CCC3(CC3)C2)C1. The van der Waals surface area contributed by atoms with Crippen molar-refractivity contribution in [1.82, 2.24) is 9.80 Å². The van der Waals surface area contributed by atoms with Crippen LogP contribution in [0.3, 0.4) is 0 Å². The van der Waals surface area contributed by atoms with Crippen LogP contribution in [0.15, 0.2) is 0 Å². The van der Waals surface area contributed by atoms with Gasteiger partial charge in [-0.3, -0.25) is 9.80 Å². The molecule has 0 bridgehead atoms. The van der Waals surface area contributed by atoms with Crippen LogP contribution < -0.4 is 0 Å². The highest BCUT2D eigenvalue weighted by Gasteiger charge is 2.50. The van der Waals surface area contributed by atoms with Crippen molar-refractivity contribution < 1.29 is 0 Å². The van der Waals surface area contributed by atoms with E-state index in [9.17, 15) is 0 Å². The van der Waals surface area contributed by atoms with E-state index in [4.69, 9.17) is 0 Å². The molecule has 1 aliphatic carbocycles. The third-order valence-corrected chi connectivity index (χ3v) is 6.27. The van der Waals surface area contributed by atoms with Gasteiger partial charge in [0.05, 0.1) is 0 Å². The van der Waals surface area contributed by atoms with Crippen LogP contribution in [-0.2, 0) is 0 Å². The fraction of sp³-hybridized carbons (Fsp3) is 1.00. The van der Waals surface area contributed by atoms with Crippen molar-refractivity contribution in [3.05, 3.63) is 0 Å². The molecule has 3 rings (SSSR count). The second-order valence-electron chi connectivity index (χ2n) is 9.46. The van der Waals surface area contributed by atoms with Crippen LogP contribution in [0.25, 0.3) is 0 Å². The molecule has 0 amide bonds. The molecule has 2 aliphatic heterocycles. The fourth-order valence-electron chi connectivity index (χ4n) is 4.48. The molecule has 1 unspecified atom stereocenters. The van der Waals surface area contributed by atoms with Crippen molar-refractivity contribution in [1.29, 1.82) is 0 Å². The average molecular weight is 278 g/mol. The Balaban J connectivity index is 1.55. The first-order chi connectivity index (χ1) is 9.20. The fourth-order valence-corrected chi connectivity index (χ4v) is 4.48. The Labute approximate surface area is 125 Å². The summed E-state index contributed by atoms with van der Waals surface area (Å²) in [6.07, 6.45) is 7.26. The number of hydrogen-bond acceptors (Lipinski definition) is 2. The summed E-state index contributed by atoms with van der Waals surface area (Å²) < 4.78 is 0. The van der Waals surface area contributed by atoms with E-state index >= 15 is 0 Å². The van der Waals surface area contributed by atoms with Crippen LogP contribution >= 0.6 is 0 Å². The van der Waals surface area contributed by atoms with E-state index in [0.29, 0.717) is 11.1 Å². The Bertz CT molecular complexity index is 362. The van der Waals surface area contributed by atoms with Crippen LogP contribution in [0.1, 0.15) is 66.7 Å². The van der Waals surface area contributed by atoms with Gasteiger partial charge in [-0.15, -0.1) is 0 Å². The molecule has 0 aromatic heterocycles. The minimum absolute atomic E-state index is 0.352. The van der Waals surface area contributed by atoms with E-state index in [-0.39, 0.29) is 0 Å². The van der Waals surface area contributed by atoms with E-state index in [2.05, 4.69) is 44.4 Å². The molecular formula is C18H34N2. The van der Waals surface area contributed by atoms with Gasteiger partial charge in [0, 0.05) is 24.2 Å². The lowest BCUT2D eigenvalue weighted by Crippen LogP contribution is -2.45. The molecule has 3 aliphatic rings. The van der Waals surface area contributed by atoms with Crippen molar-refractivity contribution in [2.75, 3.05) is 26.2 Å². The number of rotatable bonds is 3. The summed E-state index contributed by atoms with van der Waals surface area (Å²) in [7, 11) is 0. The van der Waals surface area contributed by atoms with Crippen molar-refractivity contribution in [3.8, 4) is 0 Å². The first kappa shape index (κ1) is 14.8. The minimum atomic E-state index is 0.352. The average Bonchev–Trinajstić information content (AvgIpc) is 2.73. The van der Waals surface area contributed by atoms with Gasteiger partial charge in [-0.1, -0.05) is 0 Å². The quantitative estimate of drug-likeness (QED) is 0.775. The van der Waals surface area contributed by atoms with Crippen LogP contribution in [0, 0.1) is 11.3 Å². The maximum absolute atomic E-state index is 2.81. The maximum atomic E-state index is 2.81. The van der Waals surface area contributed by atoms with Crippen molar-refractivity contribution in [2.24, 2.45) is 11.3 Å². The summed E-state index contributed by atoms with van der Waals surface area (Å²) in [4.78, 5) is 5.49. The summed E-state index contributed by atoms with van der Waals surface area (Å²) in [6.45, 7) is 17.4. The summed E-state index contributed by atoms with van der Waals surface area (Å²) >= 11 is 0. The zero-order chi connectivity index (χ0) is 14.6. The second-order valence-corrected chi connectivity index (χ2v) is 9.46. The molecule has 0 N–H and O–H groups in total. The van der Waals surface area contributed by atoms with E-state index in [1.54, 1.807) is 0 Å². The van der Waals surface area contributed by atoms with Gasteiger partial charge in [0.15, 0.2) is 0 Å². The highest BCUT2D eigenvalue weighted by Crippen LogP contribution is 2.54. The number of likely N-dealkylation sites (tertiary alicyclic amines) is 2. The van der Waals surface area contributed by atoms with Gasteiger partial charge in [-0.25, -0.2) is 0 Å². The topological polar surface area (TPSA) is 6.48 Å². The van der Waals surface area contributed by atoms with E-state index in [1.165, 1.54) is 58.3 Å².